The Bertz CT molecular complexity index is 802. The zero-order valence-electron chi connectivity index (χ0n) is 36.4. The summed E-state index contributed by atoms with van der Waals surface area (Å²) < 4.78 is 5.47. The molecule has 4 heteroatoms. The van der Waals surface area contributed by atoms with Crippen molar-refractivity contribution in [2.24, 2.45) is 0 Å². The molecule has 0 aromatic carbocycles. The minimum Gasteiger partial charge on any atom is -0.481 e. The molecule has 0 fully saturated rings. The Morgan fingerprint density at radius 1 is 0.370 bits per heavy atom. The Kier molecular flexibility index (Phi) is 46.2. The van der Waals surface area contributed by atoms with Gasteiger partial charge in [0.15, 0.2) is 0 Å². The van der Waals surface area contributed by atoms with Crippen molar-refractivity contribution in [3.63, 3.8) is 0 Å². The zero-order chi connectivity index (χ0) is 39.1. The number of rotatable bonds is 46. The second kappa shape index (κ2) is 47.6. The first-order valence-corrected chi connectivity index (χ1v) is 24.3. The van der Waals surface area contributed by atoms with Gasteiger partial charge in [-0.3, -0.25) is 9.59 Å². The van der Waals surface area contributed by atoms with E-state index < -0.39 is 5.97 Å². The molecule has 0 amide bonds. The summed E-state index contributed by atoms with van der Waals surface area (Å²) in [5.41, 5.74) is 0. The van der Waals surface area contributed by atoms with Crippen molar-refractivity contribution in [1.82, 2.24) is 0 Å². The summed E-state index contributed by atoms with van der Waals surface area (Å²) >= 11 is 0. The second-order valence-electron chi connectivity index (χ2n) is 16.6. The first-order valence-electron chi connectivity index (χ1n) is 24.3. The van der Waals surface area contributed by atoms with Gasteiger partial charge in [0.2, 0.25) is 0 Å². The maximum Gasteiger partial charge on any atom is 0.305 e. The van der Waals surface area contributed by atoms with Gasteiger partial charge in [0.25, 0.3) is 0 Å². The summed E-state index contributed by atoms with van der Waals surface area (Å²) in [6.07, 6.45) is 62.4. The van der Waals surface area contributed by atoms with Crippen LogP contribution in [0.25, 0.3) is 0 Å². The first-order chi connectivity index (χ1) is 26.7. The molecule has 4 nitrogen and oxygen atoms in total. The summed E-state index contributed by atoms with van der Waals surface area (Å²) in [7, 11) is 0. The predicted octanol–water partition coefficient (Wildman–Crippen LogP) is 17.1. The van der Waals surface area contributed by atoms with Crippen LogP contribution >= 0.6 is 0 Å². The van der Waals surface area contributed by atoms with Gasteiger partial charge in [0.1, 0.15) is 0 Å². The van der Waals surface area contributed by atoms with Gasteiger partial charge in [-0.15, -0.1) is 0 Å². The van der Waals surface area contributed by atoms with E-state index in [9.17, 15) is 9.59 Å². The van der Waals surface area contributed by atoms with E-state index in [1.165, 1.54) is 212 Å². The third-order valence-corrected chi connectivity index (χ3v) is 11.1. The number of carbonyl (C=O) groups excluding carboxylic acids is 1. The first kappa shape index (κ1) is 52.4. The van der Waals surface area contributed by atoms with Gasteiger partial charge in [-0.05, 0) is 51.4 Å². The highest BCUT2D eigenvalue weighted by atomic mass is 16.5. The van der Waals surface area contributed by atoms with Crippen LogP contribution in [0.4, 0.5) is 0 Å². The zero-order valence-corrected chi connectivity index (χ0v) is 36.4. The van der Waals surface area contributed by atoms with E-state index in [-0.39, 0.29) is 5.97 Å². The number of carboxylic acids is 1. The summed E-state index contributed by atoms with van der Waals surface area (Å²) in [5.74, 6) is -0.651. The van der Waals surface area contributed by atoms with Crippen molar-refractivity contribution in [2.75, 3.05) is 6.61 Å². The standard InChI is InChI=1S/C50H94O4/c1-2-3-4-5-6-7-8-9-10-22-26-29-32-35-38-41-44-47-50(53)54-48-45-42-39-36-33-30-27-24-21-19-17-15-13-11-12-14-16-18-20-23-25-28-31-34-37-40-43-46-49(51)52/h9-10,26,29H,2-8,11-25,27-28,30-48H2,1H3,(H,51,52). The van der Waals surface area contributed by atoms with Crippen LogP contribution in [0.15, 0.2) is 24.3 Å². The molecule has 0 radical (unpaired) electrons. The fraction of sp³-hybridized carbons (Fsp3) is 0.880. The highest BCUT2D eigenvalue weighted by molar-refractivity contribution is 5.69. The molecule has 0 aliphatic rings. The lowest BCUT2D eigenvalue weighted by Crippen LogP contribution is -2.05. The van der Waals surface area contributed by atoms with Crippen molar-refractivity contribution < 1.29 is 19.4 Å². The maximum absolute atomic E-state index is 12.0. The van der Waals surface area contributed by atoms with Crippen LogP contribution in [0.1, 0.15) is 277 Å². The Balaban J connectivity index is 3.19. The van der Waals surface area contributed by atoms with E-state index in [0.29, 0.717) is 19.4 Å². The topological polar surface area (TPSA) is 63.6 Å². The van der Waals surface area contributed by atoms with Crippen molar-refractivity contribution >= 4 is 11.9 Å². The SMILES string of the molecule is CCCCCCCCC=CCC=CCCCCCCC(=O)OCCCCCCCCCCCCCCCCCCCCCCCCCCCCCC(=O)O. The van der Waals surface area contributed by atoms with E-state index in [1.54, 1.807) is 0 Å². The average molecular weight is 759 g/mol. The normalized spacial score (nSPS) is 11.7. The summed E-state index contributed by atoms with van der Waals surface area (Å²) in [6.45, 7) is 2.89. The summed E-state index contributed by atoms with van der Waals surface area (Å²) in [6, 6.07) is 0. The highest BCUT2D eigenvalue weighted by Crippen LogP contribution is 2.17. The van der Waals surface area contributed by atoms with Crippen LogP contribution in [0.2, 0.25) is 0 Å². The molecule has 0 atom stereocenters. The van der Waals surface area contributed by atoms with Gasteiger partial charge in [-0.25, -0.2) is 0 Å². The van der Waals surface area contributed by atoms with Gasteiger partial charge in [0.05, 0.1) is 6.61 Å². The highest BCUT2D eigenvalue weighted by Gasteiger charge is 2.03. The molecular weight excluding hydrogens is 665 g/mol. The van der Waals surface area contributed by atoms with Gasteiger partial charge in [0, 0.05) is 12.8 Å². The second-order valence-corrected chi connectivity index (χ2v) is 16.6. The van der Waals surface area contributed by atoms with Crippen LogP contribution in [0.3, 0.4) is 0 Å². The molecule has 0 spiro atoms. The van der Waals surface area contributed by atoms with Gasteiger partial charge in [-0.1, -0.05) is 237 Å². The molecule has 0 bridgehead atoms. The number of carboxylic acid groups (broad SMARTS) is 1. The van der Waals surface area contributed by atoms with Crippen molar-refractivity contribution in [2.45, 2.75) is 277 Å². The lowest BCUT2D eigenvalue weighted by atomic mass is 10.0. The minimum absolute atomic E-state index is 0.00318. The number of aliphatic carboxylic acids is 1. The maximum atomic E-state index is 12.0. The number of ether oxygens (including phenoxy) is 1. The van der Waals surface area contributed by atoms with Crippen molar-refractivity contribution in [1.29, 1.82) is 0 Å². The molecule has 318 valence electrons. The quantitative estimate of drug-likeness (QED) is 0.0381. The number of hydrogen-bond donors (Lipinski definition) is 1. The van der Waals surface area contributed by atoms with Crippen LogP contribution in [0, 0.1) is 0 Å². The molecule has 0 aromatic rings. The van der Waals surface area contributed by atoms with Crippen LogP contribution < -0.4 is 0 Å². The van der Waals surface area contributed by atoms with E-state index in [2.05, 4.69) is 31.2 Å². The van der Waals surface area contributed by atoms with E-state index in [1.807, 2.05) is 0 Å². The van der Waals surface area contributed by atoms with Crippen molar-refractivity contribution in [3.8, 4) is 0 Å². The predicted molar refractivity (Wildman–Crippen MR) is 236 cm³/mol. The van der Waals surface area contributed by atoms with Gasteiger partial charge in [-0.2, -0.15) is 0 Å². The molecule has 0 aliphatic heterocycles. The number of allylic oxidation sites excluding steroid dienone is 4. The number of hydrogen-bond acceptors (Lipinski definition) is 3. The minimum atomic E-state index is -0.654. The molecule has 54 heavy (non-hydrogen) atoms. The molecular formula is C50H94O4. The average Bonchev–Trinajstić information content (AvgIpc) is 3.16. The van der Waals surface area contributed by atoms with E-state index >= 15 is 0 Å². The fourth-order valence-corrected chi connectivity index (χ4v) is 7.49. The number of esters is 1. The van der Waals surface area contributed by atoms with Gasteiger partial charge < -0.3 is 9.84 Å². The third kappa shape index (κ3) is 48.4. The molecule has 0 unspecified atom stereocenters. The van der Waals surface area contributed by atoms with Crippen LogP contribution in [-0.2, 0) is 14.3 Å². The molecule has 0 aromatic heterocycles. The van der Waals surface area contributed by atoms with Crippen LogP contribution in [0.5, 0.6) is 0 Å². The summed E-state index contributed by atoms with van der Waals surface area (Å²) in [4.78, 5) is 22.5. The third-order valence-electron chi connectivity index (χ3n) is 11.1. The monoisotopic (exact) mass is 759 g/mol. The van der Waals surface area contributed by atoms with Gasteiger partial charge >= 0.3 is 11.9 Å². The molecule has 1 N–H and O–H groups in total. The van der Waals surface area contributed by atoms with Crippen LogP contribution in [-0.4, -0.2) is 23.7 Å². The van der Waals surface area contributed by atoms with Crippen molar-refractivity contribution in [3.05, 3.63) is 24.3 Å². The van der Waals surface area contributed by atoms with E-state index in [0.717, 1.165) is 44.9 Å². The molecule has 0 aliphatic carbocycles. The lowest BCUT2D eigenvalue weighted by molar-refractivity contribution is -0.144. The molecule has 0 saturated carbocycles. The largest absolute Gasteiger partial charge is 0.481 e. The Hall–Kier alpha value is -1.58. The smallest absolute Gasteiger partial charge is 0.305 e. The molecule has 0 rings (SSSR count). The molecule has 0 heterocycles. The Morgan fingerprint density at radius 2 is 0.667 bits per heavy atom. The Morgan fingerprint density at radius 3 is 1.02 bits per heavy atom. The lowest BCUT2D eigenvalue weighted by Gasteiger charge is -2.05. The van der Waals surface area contributed by atoms with E-state index in [4.69, 9.17) is 9.84 Å². The Labute approximate surface area is 337 Å². The molecule has 0 saturated heterocycles. The number of carbonyl (C=O) groups is 2. The number of unbranched alkanes of at least 4 members (excludes halogenated alkanes) is 36. The summed E-state index contributed by atoms with van der Waals surface area (Å²) in [5, 5.41) is 8.66. The fourth-order valence-electron chi connectivity index (χ4n) is 7.49.